The minimum atomic E-state index is -0.216. The Morgan fingerprint density at radius 1 is 0.595 bits per heavy atom. The van der Waals surface area contributed by atoms with Crippen LogP contribution in [0.4, 0.5) is 0 Å². The fourth-order valence-electron chi connectivity index (χ4n) is 13.4. The molecule has 0 aromatic rings. The van der Waals surface area contributed by atoms with Crippen molar-refractivity contribution in [1.82, 2.24) is 0 Å². The Balaban J connectivity index is 1.02. The summed E-state index contributed by atoms with van der Waals surface area (Å²) in [6.07, 6.45) is 23.3. The van der Waals surface area contributed by atoms with Crippen molar-refractivity contribution >= 4 is 11.4 Å². The van der Waals surface area contributed by atoms with E-state index >= 15 is 0 Å². The number of hydrogen-bond donors (Lipinski definition) is 2. The molecular weight excluding hydrogens is 516 g/mol. The molecule has 6 saturated carbocycles. The highest BCUT2D eigenvalue weighted by Crippen LogP contribution is 2.66. The molecule has 12 atom stereocenters. The molecule has 0 saturated heterocycles. The average molecular weight is 573 g/mol. The van der Waals surface area contributed by atoms with Gasteiger partial charge in [0.2, 0.25) is 0 Å². The molecular formula is C38H56N2O2. The van der Waals surface area contributed by atoms with E-state index in [0.717, 1.165) is 67.6 Å². The Morgan fingerprint density at radius 2 is 1.14 bits per heavy atom. The van der Waals surface area contributed by atoms with Crippen LogP contribution in [-0.2, 0) is 0 Å². The lowest BCUT2D eigenvalue weighted by atomic mass is 9.47. The molecule has 2 N–H and O–H groups in total. The molecule has 4 heteroatoms. The van der Waals surface area contributed by atoms with Crippen LogP contribution in [0.1, 0.15) is 130 Å². The minimum absolute atomic E-state index is 0.122. The number of hydrogen-bond acceptors (Lipinski definition) is 4. The number of aliphatic hydroxyl groups is 2. The predicted molar refractivity (Wildman–Crippen MR) is 170 cm³/mol. The van der Waals surface area contributed by atoms with Gasteiger partial charge < -0.3 is 10.2 Å². The van der Waals surface area contributed by atoms with Crippen molar-refractivity contribution in [1.29, 1.82) is 0 Å². The summed E-state index contributed by atoms with van der Waals surface area (Å²) < 4.78 is 0. The smallest absolute Gasteiger partial charge is 0.0724 e. The van der Waals surface area contributed by atoms with Crippen molar-refractivity contribution in [2.75, 3.05) is 0 Å². The highest BCUT2D eigenvalue weighted by atomic mass is 16.3. The monoisotopic (exact) mass is 572 g/mol. The van der Waals surface area contributed by atoms with Crippen molar-refractivity contribution in [3.63, 3.8) is 0 Å². The zero-order valence-corrected chi connectivity index (χ0v) is 26.9. The summed E-state index contributed by atoms with van der Waals surface area (Å²) in [6.45, 7) is 10.2. The van der Waals surface area contributed by atoms with Gasteiger partial charge in [0, 0.05) is 22.3 Å². The maximum atomic E-state index is 10.4. The topological polar surface area (TPSA) is 65.2 Å². The first-order chi connectivity index (χ1) is 20.1. The van der Waals surface area contributed by atoms with Crippen LogP contribution >= 0.6 is 0 Å². The third-order valence-corrected chi connectivity index (χ3v) is 15.9. The van der Waals surface area contributed by atoms with Gasteiger partial charge in [-0.15, -0.1) is 0 Å². The van der Waals surface area contributed by atoms with Crippen LogP contribution in [0, 0.1) is 57.2 Å². The van der Waals surface area contributed by atoms with E-state index in [1.165, 1.54) is 82.1 Å². The first kappa shape index (κ1) is 28.2. The van der Waals surface area contributed by atoms with Gasteiger partial charge in [-0.25, -0.2) is 0 Å². The number of rotatable bonds is 1. The first-order valence-electron chi connectivity index (χ1n) is 18.0. The van der Waals surface area contributed by atoms with Crippen molar-refractivity contribution < 1.29 is 10.2 Å². The van der Waals surface area contributed by atoms with E-state index in [4.69, 9.17) is 10.2 Å². The number of nitrogens with zero attached hydrogens (tertiary/aromatic N) is 2. The second-order valence-electron chi connectivity index (χ2n) is 17.4. The molecule has 0 bridgehead atoms. The normalized spacial score (nSPS) is 55.1. The highest BCUT2D eigenvalue weighted by Gasteiger charge is 2.60. The zero-order chi connectivity index (χ0) is 29.1. The third kappa shape index (κ3) is 3.85. The molecule has 8 aliphatic rings. The summed E-state index contributed by atoms with van der Waals surface area (Å²) in [6, 6.07) is 0. The van der Waals surface area contributed by atoms with Crippen LogP contribution in [-0.4, -0.2) is 33.8 Å². The van der Waals surface area contributed by atoms with E-state index in [-0.39, 0.29) is 23.0 Å². The first-order valence-corrected chi connectivity index (χ1v) is 18.0. The molecule has 8 rings (SSSR count). The lowest BCUT2D eigenvalue weighted by molar-refractivity contribution is -0.0250. The summed E-state index contributed by atoms with van der Waals surface area (Å²) in [5.74, 6) is 4.61. The molecule has 0 heterocycles. The van der Waals surface area contributed by atoms with Crippen LogP contribution in [0.3, 0.4) is 0 Å². The molecule has 0 aliphatic heterocycles. The average Bonchev–Trinajstić information content (AvgIpc) is 3.48. The Bertz CT molecular complexity index is 1260. The van der Waals surface area contributed by atoms with E-state index in [9.17, 15) is 10.2 Å². The second-order valence-corrected chi connectivity index (χ2v) is 17.4. The van der Waals surface area contributed by atoms with E-state index in [0.29, 0.717) is 10.8 Å². The van der Waals surface area contributed by atoms with Gasteiger partial charge in [0.25, 0.3) is 0 Å². The molecule has 0 unspecified atom stereocenters. The zero-order valence-electron chi connectivity index (χ0n) is 26.9. The van der Waals surface area contributed by atoms with Crippen molar-refractivity contribution in [2.24, 2.45) is 67.4 Å². The largest absolute Gasteiger partial charge is 0.393 e. The lowest BCUT2D eigenvalue weighted by Crippen LogP contribution is -2.50. The Labute approximate surface area is 254 Å². The van der Waals surface area contributed by atoms with Crippen LogP contribution < -0.4 is 0 Å². The molecule has 0 aromatic carbocycles. The van der Waals surface area contributed by atoms with E-state index in [1.54, 1.807) is 11.1 Å². The SMILES string of the molecule is C[C@]12CC[C@@H](O)C=C1CC[C@@H]1[C@H]2CC[C@]2(C)C(=NN=C3CC[C@@H]4[C@H]5CC=C6C[C@@H](O)CC[C@]6(C)[C@@H]5CC[C@]34C)CC[C@H]12. The summed E-state index contributed by atoms with van der Waals surface area (Å²) >= 11 is 0. The summed E-state index contributed by atoms with van der Waals surface area (Å²) in [5, 5.41) is 31.2. The molecule has 42 heavy (non-hydrogen) atoms. The van der Waals surface area contributed by atoms with Crippen molar-refractivity contribution in [3.05, 3.63) is 23.3 Å². The quantitative estimate of drug-likeness (QED) is 0.245. The minimum Gasteiger partial charge on any atom is -0.393 e. The standard InChI is InChI=1S/C38H56N2O2/c1-35-17-13-25(41)21-23(35)5-7-27-29-9-11-33(37(29,3)19-15-31(27)35)39-40-34-12-10-30-28-8-6-24-22-26(42)14-18-36(24,2)32(28)16-20-38(30,34)4/h5,22,25-32,41-42H,6-21H2,1-4H3/t25-,26+,27+,28-,29+,30+,31+,32+,35-,36-,37-,38-/m0/s1. The van der Waals surface area contributed by atoms with Crippen LogP contribution in [0.25, 0.3) is 0 Å². The van der Waals surface area contributed by atoms with Gasteiger partial charge in [-0.05, 0) is 149 Å². The Hall–Kier alpha value is -1.26. The van der Waals surface area contributed by atoms with Crippen molar-refractivity contribution in [3.8, 4) is 0 Å². The molecule has 230 valence electrons. The van der Waals surface area contributed by atoms with Gasteiger partial charge in [0.05, 0.1) is 12.2 Å². The van der Waals surface area contributed by atoms with Crippen molar-refractivity contribution in [2.45, 2.75) is 143 Å². The summed E-state index contributed by atoms with van der Waals surface area (Å²) in [7, 11) is 0. The van der Waals surface area contributed by atoms with Gasteiger partial charge in [0.1, 0.15) is 0 Å². The molecule has 0 spiro atoms. The Kier molecular flexibility index (Phi) is 6.47. The summed E-state index contributed by atoms with van der Waals surface area (Å²) in [5.41, 5.74) is 7.02. The predicted octanol–water partition coefficient (Wildman–Crippen LogP) is 8.43. The van der Waals surface area contributed by atoms with Gasteiger partial charge in [-0.3, -0.25) is 0 Å². The molecule has 4 nitrogen and oxygen atoms in total. The van der Waals surface area contributed by atoms with Gasteiger partial charge >= 0.3 is 0 Å². The Morgan fingerprint density at radius 3 is 1.83 bits per heavy atom. The van der Waals surface area contributed by atoms with E-state index in [2.05, 4.69) is 39.8 Å². The van der Waals surface area contributed by atoms with Crippen LogP contribution in [0.5, 0.6) is 0 Å². The summed E-state index contributed by atoms with van der Waals surface area (Å²) in [4.78, 5) is 0. The maximum Gasteiger partial charge on any atom is 0.0724 e. The fraction of sp³-hybridized carbons (Fsp3) is 0.842. The molecule has 0 radical (unpaired) electrons. The second kappa shape index (κ2) is 9.62. The highest BCUT2D eigenvalue weighted by molar-refractivity contribution is 5.95. The number of fused-ring (bicyclic) bond motifs is 10. The van der Waals surface area contributed by atoms with Crippen LogP contribution in [0.15, 0.2) is 33.5 Å². The number of allylic oxidation sites excluding steroid dienone is 2. The van der Waals surface area contributed by atoms with Gasteiger partial charge in [-0.2, -0.15) is 10.2 Å². The maximum absolute atomic E-state index is 10.4. The van der Waals surface area contributed by atoms with E-state index in [1.807, 2.05) is 0 Å². The lowest BCUT2D eigenvalue weighted by Gasteiger charge is -2.57. The van der Waals surface area contributed by atoms with E-state index < -0.39 is 0 Å². The molecule has 6 fully saturated rings. The molecule has 0 aromatic heterocycles. The van der Waals surface area contributed by atoms with Crippen LogP contribution in [0.2, 0.25) is 0 Å². The molecule has 0 amide bonds. The van der Waals surface area contributed by atoms with Gasteiger partial charge in [-0.1, -0.05) is 51.0 Å². The van der Waals surface area contributed by atoms with Gasteiger partial charge in [0.15, 0.2) is 0 Å². The number of aliphatic hydroxyl groups excluding tert-OH is 2. The third-order valence-electron chi connectivity index (χ3n) is 15.9. The fourth-order valence-corrected chi connectivity index (χ4v) is 13.4. The molecule has 8 aliphatic carbocycles.